The number of anilines is 1. The number of carbonyl (C=O) groups is 2. The molecular formula is C15H19N3O4. The largest absolute Gasteiger partial charge is 0.354 e. The first-order valence-electron chi connectivity index (χ1n) is 7.25. The third-order valence-corrected chi connectivity index (χ3v) is 3.49. The van der Waals surface area contributed by atoms with Gasteiger partial charge in [0.05, 0.1) is 4.92 Å². The maximum Gasteiger partial charge on any atom is 0.269 e. The van der Waals surface area contributed by atoms with Gasteiger partial charge in [0.1, 0.15) is 0 Å². The molecule has 118 valence electrons. The van der Waals surface area contributed by atoms with Gasteiger partial charge in [0.15, 0.2) is 0 Å². The van der Waals surface area contributed by atoms with Crippen molar-refractivity contribution in [2.75, 3.05) is 11.4 Å². The standard InChI is InChI=1S/C15H19N3O4/c1-10(2)16-14(19)7-8-17-13-5-4-12(18(21)22)9-11(13)3-6-15(17)20/h4-5,9-10H,3,6-8H2,1-2H3,(H,16,19). The molecule has 1 aliphatic heterocycles. The molecule has 0 spiro atoms. The highest BCUT2D eigenvalue weighted by Crippen LogP contribution is 2.31. The number of hydrogen-bond acceptors (Lipinski definition) is 4. The van der Waals surface area contributed by atoms with Crippen molar-refractivity contribution in [3.8, 4) is 0 Å². The van der Waals surface area contributed by atoms with Crippen molar-refractivity contribution in [2.24, 2.45) is 0 Å². The number of nitrogens with zero attached hydrogens (tertiary/aromatic N) is 2. The van der Waals surface area contributed by atoms with Gasteiger partial charge in [0.25, 0.3) is 5.69 Å². The van der Waals surface area contributed by atoms with Crippen LogP contribution in [0.5, 0.6) is 0 Å². The third-order valence-electron chi connectivity index (χ3n) is 3.49. The highest BCUT2D eigenvalue weighted by Gasteiger charge is 2.26. The summed E-state index contributed by atoms with van der Waals surface area (Å²) in [7, 11) is 0. The number of nitrogens with one attached hydrogen (secondary N) is 1. The normalized spacial score (nSPS) is 14.0. The average Bonchev–Trinajstić information content (AvgIpc) is 2.44. The number of hydrogen-bond donors (Lipinski definition) is 1. The van der Waals surface area contributed by atoms with Crippen molar-refractivity contribution in [3.05, 3.63) is 33.9 Å². The molecule has 0 saturated carbocycles. The zero-order valence-corrected chi connectivity index (χ0v) is 12.7. The highest BCUT2D eigenvalue weighted by molar-refractivity contribution is 5.97. The zero-order chi connectivity index (χ0) is 16.3. The van der Waals surface area contributed by atoms with Gasteiger partial charge in [-0.1, -0.05) is 0 Å². The first-order chi connectivity index (χ1) is 10.4. The van der Waals surface area contributed by atoms with Crippen LogP contribution in [0.1, 0.15) is 32.3 Å². The number of nitro benzene ring substituents is 1. The molecule has 2 rings (SSSR count). The van der Waals surface area contributed by atoms with E-state index in [4.69, 9.17) is 0 Å². The molecule has 22 heavy (non-hydrogen) atoms. The van der Waals surface area contributed by atoms with E-state index in [0.717, 1.165) is 5.56 Å². The minimum absolute atomic E-state index is 0.0191. The Bertz CT molecular complexity index is 613. The lowest BCUT2D eigenvalue weighted by atomic mass is 10.00. The molecule has 1 aliphatic rings. The topological polar surface area (TPSA) is 92.6 Å². The molecule has 0 aliphatic carbocycles. The van der Waals surface area contributed by atoms with Crippen molar-refractivity contribution in [2.45, 2.75) is 39.2 Å². The smallest absolute Gasteiger partial charge is 0.269 e. The van der Waals surface area contributed by atoms with Crippen LogP contribution in [0.3, 0.4) is 0 Å². The van der Waals surface area contributed by atoms with Crippen LogP contribution >= 0.6 is 0 Å². The Morgan fingerprint density at radius 3 is 2.77 bits per heavy atom. The molecule has 0 saturated heterocycles. The summed E-state index contributed by atoms with van der Waals surface area (Å²) in [4.78, 5) is 35.7. The average molecular weight is 305 g/mol. The molecule has 0 fully saturated rings. The molecule has 1 aromatic rings. The van der Waals surface area contributed by atoms with E-state index in [0.29, 0.717) is 18.5 Å². The lowest BCUT2D eigenvalue weighted by molar-refractivity contribution is -0.384. The number of amides is 2. The Labute approximate surface area is 128 Å². The molecule has 1 heterocycles. The summed E-state index contributed by atoms with van der Waals surface area (Å²) in [5.74, 6) is -0.171. The minimum atomic E-state index is -0.447. The van der Waals surface area contributed by atoms with Gasteiger partial charge in [0.2, 0.25) is 11.8 Å². The van der Waals surface area contributed by atoms with Gasteiger partial charge in [-0.05, 0) is 31.9 Å². The second kappa shape index (κ2) is 6.55. The number of benzene rings is 1. The summed E-state index contributed by atoms with van der Waals surface area (Å²) in [6.07, 6.45) is 1.00. The number of aryl methyl sites for hydroxylation is 1. The fourth-order valence-electron chi connectivity index (χ4n) is 2.51. The van der Waals surface area contributed by atoms with Crippen LogP contribution < -0.4 is 10.2 Å². The first kappa shape index (κ1) is 15.9. The first-order valence-corrected chi connectivity index (χ1v) is 7.25. The van der Waals surface area contributed by atoms with Crippen molar-refractivity contribution < 1.29 is 14.5 Å². The monoisotopic (exact) mass is 305 g/mol. The predicted octanol–water partition coefficient (Wildman–Crippen LogP) is 1.79. The maximum absolute atomic E-state index is 12.1. The fraction of sp³-hybridized carbons (Fsp3) is 0.467. The Morgan fingerprint density at radius 1 is 1.41 bits per heavy atom. The second-order valence-electron chi connectivity index (χ2n) is 5.59. The van der Waals surface area contributed by atoms with Crippen molar-refractivity contribution in [1.82, 2.24) is 5.32 Å². The summed E-state index contributed by atoms with van der Waals surface area (Å²) < 4.78 is 0. The lowest BCUT2D eigenvalue weighted by Gasteiger charge is -2.29. The van der Waals surface area contributed by atoms with Crippen LogP contribution in [0.2, 0.25) is 0 Å². The van der Waals surface area contributed by atoms with Crippen molar-refractivity contribution in [1.29, 1.82) is 0 Å². The molecule has 0 unspecified atom stereocenters. The molecule has 0 bridgehead atoms. The van der Waals surface area contributed by atoms with Crippen LogP contribution in [0, 0.1) is 10.1 Å². The van der Waals surface area contributed by atoms with E-state index in [9.17, 15) is 19.7 Å². The molecule has 7 heteroatoms. The van der Waals surface area contributed by atoms with E-state index in [1.807, 2.05) is 13.8 Å². The van der Waals surface area contributed by atoms with E-state index in [2.05, 4.69) is 5.32 Å². The predicted molar refractivity (Wildman–Crippen MR) is 81.7 cm³/mol. The van der Waals surface area contributed by atoms with Gasteiger partial charge >= 0.3 is 0 Å². The minimum Gasteiger partial charge on any atom is -0.354 e. The molecule has 0 aromatic heterocycles. The van der Waals surface area contributed by atoms with Gasteiger partial charge < -0.3 is 10.2 Å². The quantitative estimate of drug-likeness (QED) is 0.663. The summed E-state index contributed by atoms with van der Waals surface area (Å²) in [6, 6.07) is 4.53. The third kappa shape index (κ3) is 3.60. The number of rotatable bonds is 5. The van der Waals surface area contributed by atoms with Crippen LogP contribution in [-0.4, -0.2) is 29.3 Å². The molecule has 1 N–H and O–H groups in total. The molecule has 0 radical (unpaired) electrons. The number of fused-ring (bicyclic) bond motifs is 1. The molecule has 0 atom stereocenters. The van der Waals surface area contributed by atoms with Crippen LogP contribution in [0.15, 0.2) is 18.2 Å². The Hall–Kier alpha value is -2.44. The van der Waals surface area contributed by atoms with E-state index in [1.165, 1.54) is 12.1 Å². The summed E-state index contributed by atoms with van der Waals surface area (Å²) >= 11 is 0. The van der Waals surface area contributed by atoms with E-state index < -0.39 is 4.92 Å². The molecule has 2 amide bonds. The van der Waals surface area contributed by atoms with Crippen molar-refractivity contribution >= 4 is 23.2 Å². The SMILES string of the molecule is CC(C)NC(=O)CCN1C(=O)CCc2cc([N+](=O)[O-])ccc21. The van der Waals surface area contributed by atoms with Crippen LogP contribution in [0.4, 0.5) is 11.4 Å². The number of non-ortho nitro benzene ring substituents is 1. The maximum atomic E-state index is 12.1. The Morgan fingerprint density at radius 2 is 2.14 bits per heavy atom. The summed E-state index contributed by atoms with van der Waals surface area (Å²) in [5, 5.41) is 13.6. The zero-order valence-electron chi connectivity index (χ0n) is 12.7. The number of carbonyl (C=O) groups excluding carboxylic acids is 2. The van der Waals surface area contributed by atoms with E-state index in [1.54, 1.807) is 11.0 Å². The van der Waals surface area contributed by atoms with Gasteiger partial charge in [-0.15, -0.1) is 0 Å². The highest BCUT2D eigenvalue weighted by atomic mass is 16.6. The van der Waals surface area contributed by atoms with Gasteiger partial charge in [-0.25, -0.2) is 0 Å². The lowest BCUT2D eigenvalue weighted by Crippen LogP contribution is -2.39. The number of nitro groups is 1. The molecule has 1 aromatic carbocycles. The molecular weight excluding hydrogens is 286 g/mol. The Balaban J connectivity index is 2.14. The van der Waals surface area contributed by atoms with Gasteiger partial charge in [0, 0.05) is 43.2 Å². The van der Waals surface area contributed by atoms with Crippen LogP contribution in [0.25, 0.3) is 0 Å². The van der Waals surface area contributed by atoms with Gasteiger partial charge in [-0.3, -0.25) is 19.7 Å². The van der Waals surface area contributed by atoms with Gasteiger partial charge in [-0.2, -0.15) is 0 Å². The van der Waals surface area contributed by atoms with Crippen molar-refractivity contribution in [3.63, 3.8) is 0 Å². The fourth-order valence-corrected chi connectivity index (χ4v) is 2.51. The Kier molecular flexibility index (Phi) is 4.75. The second-order valence-corrected chi connectivity index (χ2v) is 5.59. The summed E-state index contributed by atoms with van der Waals surface area (Å²) in [5.41, 5.74) is 1.46. The van der Waals surface area contributed by atoms with E-state index in [-0.39, 0.29) is 36.5 Å². The molecule has 7 nitrogen and oxygen atoms in total. The summed E-state index contributed by atoms with van der Waals surface area (Å²) in [6.45, 7) is 4.03. The van der Waals surface area contributed by atoms with E-state index >= 15 is 0 Å². The van der Waals surface area contributed by atoms with Crippen LogP contribution in [-0.2, 0) is 16.0 Å².